The summed E-state index contributed by atoms with van der Waals surface area (Å²) in [6, 6.07) is 24.9. The van der Waals surface area contributed by atoms with E-state index in [1.807, 2.05) is 24.3 Å². The molecule has 0 aliphatic rings. The van der Waals surface area contributed by atoms with Crippen LogP contribution in [0.1, 0.15) is 0 Å². The van der Waals surface area contributed by atoms with Gasteiger partial charge in [-0.25, -0.2) is 19.9 Å². The molecule has 7 rings (SSSR count). The monoisotopic (exact) mass is 412 g/mol. The van der Waals surface area contributed by atoms with Gasteiger partial charge in [-0.3, -0.25) is 9.13 Å². The Kier molecular flexibility index (Phi) is 3.46. The molecule has 0 saturated heterocycles. The van der Waals surface area contributed by atoms with Crippen LogP contribution < -0.4 is 0 Å². The fourth-order valence-corrected chi connectivity index (χ4v) is 4.67. The second-order valence-electron chi connectivity index (χ2n) is 7.69. The van der Waals surface area contributed by atoms with E-state index in [-0.39, 0.29) is 0 Å². The summed E-state index contributed by atoms with van der Waals surface area (Å²) in [5.74, 6) is 1.32. The van der Waals surface area contributed by atoms with Crippen LogP contribution >= 0.6 is 0 Å². The summed E-state index contributed by atoms with van der Waals surface area (Å²) < 4.78 is 4.27. The number of hydrogen-bond acceptors (Lipinski definition) is 4. The summed E-state index contributed by atoms with van der Waals surface area (Å²) in [7, 11) is 0. The maximum Gasteiger partial charge on any atom is 0.234 e. The van der Waals surface area contributed by atoms with Gasteiger partial charge in [-0.15, -0.1) is 0 Å². The van der Waals surface area contributed by atoms with Crippen molar-refractivity contribution in [2.45, 2.75) is 0 Å². The molecule has 0 atom stereocenters. The largest absolute Gasteiger partial charge is 0.278 e. The zero-order chi connectivity index (χ0) is 21.1. The zero-order valence-electron chi connectivity index (χ0n) is 16.9. The third-order valence-electron chi connectivity index (χ3n) is 5.97. The van der Waals surface area contributed by atoms with Gasteiger partial charge in [0.05, 0.1) is 22.1 Å². The van der Waals surface area contributed by atoms with Crippen molar-refractivity contribution in [1.82, 2.24) is 29.1 Å². The standard InChI is InChI=1S/C26H16N6/c1-3-9-21-17(7-1)19-15-24-20(16-23(19)31(21)25-27-11-5-12-28-25)18-8-2-4-10-22(18)32(24)26-29-13-6-14-30-26/h1-16H. The van der Waals surface area contributed by atoms with Gasteiger partial charge in [0.25, 0.3) is 0 Å². The Labute approximate surface area is 182 Å². The van der Waals surface area contributed by atoms with Gasteiger partial charge < -0.3 is 0 Å². The molecular formula is C26H16N6. The van der Waals surface area contributed by atoms with Crippen molar-refractivity contribution in [3.05, 3.63) is 97.6 Å². The van der Waals surface area contributed by atoms with E-state index in [0.29, 0.717) is 11.9 Å². The molecule has 7 aromatic rings. The molecule has 6 nitrogen and oxygen atoms in total. The summed E-state index contributed by atoms with van der Waals surface area (Å²) in [4.78, 5) is 18.2. The Morgan fingerprint density at radius 3 is 1.25 bits per heavy atom. The molecule has 0 aliphatic carbocycles. The molecule has 4 heterocycles. The highest BCUT2D eigenvalue weighted by Crippen LogP contribution is 2.38. The molecule has 0 radical (unpaired) electrons. The zero-order valence-corrected chi connectivity index (χ0v) is 16.9. The average molecular weight is 412 g/mol. The molecule has 150 valence electrons. The fourth-order valence-electron chi connectivity index (χ4n) is 4.67. The topological polar surface area (TPSA) is 61.4 Å². The van der Waals surface area contributed by atoms with Gasteiger partial charge in [-0.1, -0.05) is 36.4 Å². The Bertz CT molecular complexity index is 1630. The van der Waals surface area contributed by atoms with E-state index < -0.39 is 0 Å². The van der Waals surface area contributed by atoms with E-state index >= 15 is 0 Å². The summed E-state index contributed by atoms with van der Waals surface area (Å²) in [5.41, 5.74) is 4.30. The molecule has 0 aliphatic heterocycles. The lowest BCUT2D eigenvalue weighted by molar-refractivity contribution is 0.985. The first-order chi connectivity index (χ1) is 15.9. The van der Waals surface area contributed by atoms with Crippen LogP contribution in [0.5, 0.6) is 0 Å². The smallest absolute Gasteiger partial charge is 0.234 e. The average Bonchev–Trinajstić information content (AvgIpc) is 3.36. The Balaban J connectivity index is 1.71. The third-order valence-corrected chi connectivity index (χ3v) is 5.97. The second-order valence-corrected chi connectivity index (χ2v) is 7.69. The lowest BCUT2D eigenvalue weighted by Gasteiger charge is -2.06. The maximum absolute atomic E-state index is 4.54. The van der Waals surface area contributed by atoms with Gasteiger partial charge in [-0.05, 0) is 36.4 Å². The van der Waals surface area contributed by atoms with Crippen LogP contribution in [0.25, 0.3) is 55.5 Å². The van der Waals surface area contributed by atoms with E-state index in [9.17, 15) is 0 Å². The lowest BCUT2D eigenvalue weighted by atomic mass is 10.1. The van der Waals surface area contributed by atoms with E-state index in [2.05, 4.69) is 77.6 Å². The first kappa shape index (κ1) is 17.1. The van der Waals surface area contributed by atoms with Crippen molar-refractivity contribution in [3.63, 3.8) is 0 Å². The molecule has 0 bridgehead atoms. The Morgan fingerprint density at radius 2 is 0.812 bits per heavy atom. The van der Waals surface area contributed by atoms with Gasteiger partial charge in [-0.2, -0.15) is 0 Å². The molecule has 4 aromatic heterocycles. The Morgan fingerprint density at radius 1 is 0.406 bits per heavy atom. The fraction of sp³-hybridized carbons (Fsp3) is 0. The van der Waals surface area contributed by atoms with E-state index in [4.69, 9.17) is 0 Å². The number of benzene rings is 3. The van der Waals surface area contributed by atoms with Crippen molar-refractivity contribution in [2.75, 3.05) is 0 Å². The van der Waals surface area contributed by atoms with Crippen LogP contribution in [0.2, 0.25) is 0 Å². The quantitative estimate of drug-likeness (QED) is 0.378. The minimum atomic E-state index is 0.660. The molecule has 0 saturated carbocycles. The predicted molar refractivity (Wildman–Crippen MR) is 126 cm³/mol. The number of rotatable bonds is 2. The molecule has 0 unspecified atom stereocenters. The van der Waals surface area contributed by atoms with Crippen molar-refractivity contribution in [1.29, 1.82) is 0 Å². The van der Waals surface area contributed by atoms with Crippen LogP contribution in [0.15, 0.2) is 97.6 Å². The summed E-state index contributed by atoms with van der Waals surface area (Å²) in [5, 5.41) is 4.59. The normalized spacial score (nSPS) is 11.8. The maximum atomic E-state index is 4.54. The number of para-hydroxylation sites is 2. The summed E-state index contributed by atoms with van der Waals surface area (Å²) in [6.07, 6.45) is 7.11. The van der Waals surface area contributed by atoms with Gasteiger partial charge in [0.1, 0.15) is 0 Å². The van der Waals surface area contributed by atoms with Crippen LogP contribution in [0, 0.1) is 0 Å². The molecule has 0 fully saturated rings. The molecular weight excluding hydrogens is 396 g/mol. The molecule has 0 amide bonds. The van der Waals surface area contributed by atoms with Crippen molar-refractivity contribution in [3.8, 4) is 11.9 Å². The molecule has 32 heavy (non-hydrogen) atoms. The number of nitrogens with zero attached hydrogens (tertiary/aromatic N) is 6. The van der Waals surface area contributed by atoms with Crippen LogP contribution in [0.4, 0.5) is 0 Å². The molecule has 3 aromatic carbocycles. The number of fused-ring (bicyclic) bond motifs is 6. The summed E-state index contributed by atoms with van der Waals surface area (Å²) >= 11 is 0. The van der Waals surface area contributed by atoms with Crippen LogP contribution in [-0.4, -0.2) is 29.1 Å². The molecule has 6 heteroatoms. The second kappa shape index (κ2) is 6.46. The van der Waals surface area contributed by atoms with Gasteiger partial charge in [0, 0.05) is 46.3 Å². The predicted octanol–water partition coefficient (Wildman–Crippen LogP) is 5.46. The van der Waals surface area contributed by atoms with Crippen LogP contribution in [-0.2, 0) is 0 Å². The minimum absolute atomic E-state index is 0.660. The number of aromatic nitrogens is 6. The molecule has 0 spiro atoms. The third kappa shape index (κ3) is 2.29. The van der Waals surface area contributed by atoms with E-state index in [1.54, 1.807) is 24.8 Å². The first-order valence-electron chi connectivity index (χ1n) is 10.4. The molecule has 0 N–H and O–H groups in total. The first-order valence-corrected chi connectivity index (χ1v) is 10.4. The van der Waals surface area contributed by atoms with Crippen molar-refractivity contribution < 1.29 is 0 Å². The highest BCUT2D eigenvalue weighted by Gasteiger charge is 2.19. The Hall–Kier alpha value is -4.58. The number of hydrogen-bond donors (Lipinski definition) is 0. The lowest BCUT2D eigenvalue weighted by Crippen LogP contribution is -2.00. The van der Waals surface area contributed by atoms with E-state index in [0.717, 1.165) is 43.6 Å². The minimum Gasteiger partial charge on any atom is -0.278 e. The SMILES string of the molecule is c1cnc(-n2c3ccccc3c3cc4c(cc32)c2ccccc2n4-c2ncccn2)nc1. The highest BCUT2D eigenvalue weighted by molar-refractivity contribution is 6.18. The van der Waals surface area contributed by atoms with Gasteiger partial charge >= 0.3 is 0 Å². The van der Waals surface area contributed by atoms with Crippen molar-refractivity contribution in [2.24, 2.45) is 0 Å². The summed E-state index contributed by atoms with van der Waals surface area (Å²) in [6.45, 7) is 0. The van der Waals surface area contributed by atoms with Crippen molar-refractivity contribution >= 4 is 43.6 Å². The van der Waals surface area contributed by atoms with Gasteiger partial charge in [0.15, 0.2) is 0 Å². The highest BCUT2D eigenvalue weighted by atomic mass is 15.2. The van der Waals surface area contributed by atoms with Gasteiger partial charge in [0.2, 0.25) is 11.9 Å². The van der Waals surface area contributed by atoms with E-state index in [1.165, 1.54) is 0 Å². The van der Waals surface area contributed by atoms with Crippen LogP contribution in [0.3, 0.4) is 0 Å².